The molecule has 6 nitrogen and oxygen atoms in total. The normalized spacial score (nSPS) is 14.1. The molecule has 1 aromatic heterocycles. The van der Waals surface area contributed by atoms with Crippen LogP contribution in [0.2, 0.25) is 0 Å². The van der Waals surface area contributed by atoms with Gasteiger partial charge in [0.1, 0.15) is 16.4 Å². The van der Waals surface area contributed by atoms with Gasteiger partial charge in [-0.15, -0.1) is 11.3 Å². The fourth-order valence-electron chi connectivity index (χ4n) is 2.91. The number of amides is 1. The van der Waals surface area contributed by atoms with Gasteiger partial charge in [0, 0.05) is 19.2 Å². The third-order valence-electron chi connectivity index (χ3n) is 4.21. The maximum atomic E-state index is 12.4. The number of likely N-dealkylation sites (tertiary alicyclic amines) is 1. The molecule has 1 amide bonds. The SMILES string of the molecule is COc1cc(CC2CN(C(=O)c3ccc(C(=O)O)s3)C2)cc(OC)c1. The lowest BCUT2D eigenvalue weighted by Crippen LogP contribution is -2.50. The second-order valence-electron chi connectivity index (χ2n) is 5.97. The fourth-order valence-corrected chi connectivity index (χ4v) is 3.72. The first-order chi connectivity index (χ1) is 12.0. The van der Waals surface area contributed by atoms with Gasteiger partial charge >= 0.3 is 5.97 Å². The minimum Gasteiger partial charge on any atom is -0.497 e. The zero-order valence-corrected chi connectivity index (χ0v) is 14.8. The molecule has 0 unspecified atom stereocenters. The summed E-state index contributed by atoms with van der Waals surface area (Å²) in [5.41, 5.74) is 1.11. The van der Waals surface area contributed by atoms with Crippen molar-refractivity contribution >= 4 is 23.2 Å². The van der Waals surface area contributed by atoms with E-state index in [-0.39, 0.29) is 10.8 Å². The number of ether oxygens (including phenoxy) is 2. The molecule has 0 radical (unpaired) electrons. The Labute approximate surface area is 149 Å². The number of methoxy groups -OCH3 is 2. The number of thiophene rings is 1. The molecule has 1 aliphatic rings. The van der Waals surface area contributed by atoms with Gasteiger partial charge in [0.2, 0.25) is 0 Å². The van der Waals surface area contributed by atoms with Crippen LogP contribution in [0.1, 0.15) is 24.9 Å². The zero-order chi connectivity index (χ0) is 18.0. The third-order valence-corrected chi connectivity index (χ3v) is 5.27. The van der Waals surface area contributed by atoms with Crippen LogP contribution in [0.4, 0.5) is 0 Å². The molecule has 25 heavy (non-hydrogen) atoms. The highest BCUT2D eigenvalue weighted by Crippen LogP contribution is 2.29. The van der Waals surface area contributed by atoms with Gasteiger partial charge in [-0.25, -0.2) is 4.79 Å². The number of carbonyl (C=O) groups is 2. The Morgan fingerprint density at radius 3 is 2.24 bits per heavy atom. The van der Waals surface area contributed by atoms with Gasteiger partial charge in [0.15, 0.2) is 0 Å². The number of aromatic carboxylic acids is 1. The van der Waals surface area contributed by atoms with Gasteiger partial charge < -0.3 is 19.5 Å². The van der Waals surface area contributed by atoms with Crippen LogP contribution < -0.4 is 9.47 Å². The predicted molar refractivity (Wildman–Crippen MR) is 93.9 cm³/mol. The van der Waals surface area contributed by atoms with Crippen LogP contribution in [0.5, 0.6) is 11.5 Å². The molecule has 0 aliphatic carbocycles. The number of hydrogen-bond donors (Lipinski definition) is 1. The lowest BCUT2D eigenvalue weighted by Gasteiger charge is -2.39. The van der Waals surface area contributed by atoms with Crippen LogP contribution in [0, 0.1) is 5.92 Å². The standard InChI is InChI=1S/C18H19NO5S/c1-23-13-6-11(7-14(8-13)24-2)5-12-9-19(10-12)17(20)15-3-4-16(25-15)18(21)22/h3-4,6-8,12H,5,9-10H2,1-2H3,(H,21,22). The van der Waals surface area contributed by atoms with E-state index in [2.05, 4.69) is 0 Å². The van der Waals surface area contributed by atoms with E-state index < -0.39 is 5.97 Å². The number of benzene rings is 1. The molecular weight excluding hydrogens is 342 g/mol. The first-order valence-corrected chi connectivity index (χ1v) is 8.66. The topological polar surface area (TPSA) is 76.1 Å². The van der Waals surface area contributed by atoms with E-state index in [0.29, 0.717) is 23.9 Å². The number of nitrogens with zero attached hydrogens (tertiary/aromatic N) is 1. The maximum Gasteiger partial charge on any atom is 0.345 e. The third kappa shape index (κ3) is 3.76. The van der Waals surface area contributed by atoms with Crippen molar-refractivity contribution < 1.29 is 24.2 Å². The Hall–Kier alpha value is -2.54. The van der Waals surface area contributed by atoms with E-state index in [1.54, 1.807) is 25.2 Å². The average molecular weight is 361 g/mol. The highest BCUT2D eigenvalue weighted by molar-refractivity contribution is 7.15. The molecular formula is C18H19NO5S. The van der Waals surface area contributed by atoms with Crippen LogP contribution in [-0.2, 0) is 6.42 Å². The Bertz CT molecular complexity index is 772. The van der Waals surface area contributed by atoms with Crippen molar-refractivity contribution in [2.24, 2.45) is 5.92 Å². The molecule has 1 aliphatic heterocycles. The lowest BCUT2D eigenvalue weighted by molar-refractivity contribution is 0.0506. The van der Waals surface area contributed by atoms with Gasteiger partial charge in [0.05, 0.1) is 19.1 Å². The Morgan fingerprint density at radius 2 is 1.72 bits per heavy atom. The Kier molecular flexibility index (Phi) is 4.94. The van der Waals surface area contributed by atoms with E-state index in [1.165, 1.54) is 6.07 Å². The van der Waals surface area contributed by atoms with Crippen LogP contribution in [0.25, 0.3) is 0 Å². The second-order valence-corrected chi connectivity index (χ2v) is 7.05. The molecule has 2 aromatic rings. The summed E-state index contributed by atoms with van der Waals surface area (Å²) in [7, 11) is 3.24. The average Bonchev–Trinajstić information content (AvgIpc) is 3.07. The summed E-state index contributed by atoms with van der Waals surface area (Å²) in [5.74, 6) is 0.775. The number of hydrogen-bond acceptors (Lipinski definition) is 5. The van der Waals surface area contributed by atoms with Gasteiger partial charge in [-0.05, 0) is 42.2 Å². The first kappa shape index (κ1) is 17.3. The predicted octanol–water partition coefficient (Wildman–Crippen LogP) is 2.78. The summed E-state index contributed by atoms with van der Waals surface area (Å²) < 4.78 is 10.6. The summed E-state index contributed by atoms with van der Waals surface area (Å²) in [6.07, 6.45) is 0.835. The summed E-state index contributed by atoms with van der Waals surface area (Å²) in [4.78, 5) is 25.7. The van der Waals surface area contributed by atoms with E-state index in [1.807, 2.05) is 18.2 Å². The molecule has 1 N–H and O–H groups in total. The second kappa shape index (κ2) is 7.14. The van der Waals surface area contributed by atoms with Crippen molar-refractivity contribution in [3.8, 4) is 11.5 Å². The smallest absolute Gasteiger partial charge is 0.345 e. The molecule has 132 valence electrons. The van der Waals surface area contributed by atoms with Crippen molar-refractivity contribution in [1.82, 2.24) is 4.90 Å². The highest BCUT2D eigenvalue weighted by Gasteiger charge is 2.32. The number of rotatable bonds is 6. The minimum absolute atomic E-state index is 0.100. The summed E-state index contributed by atoms with van der Waals surface area (Å²) in [6.45, 7) is 1.33. The van der Waals surface area contributed by atoms with Crippen LogP contribution >= 0.6 is 11.3 Å². The van der Waals surface area contributed by atoms with Crippen molar-refractivity contribution in [2.45, 2.75) is 6.42 Å². The molecule has 1 fully saturated rings. The monoisotopic (exact) mass is 361 g/mol. The van der Waals surface area contributed by atoms with E-state index >= 15 is 0 Å². The van der Waals surface area contributed by atoms with Crippen molar-refractivity contribution in [3.05, 3.63) is 45.6 Å². The van der Waals surface area contributed by atoms with E-state index in [9.17, 15) is 9.59 Å². The molecule has 1 aromatic carbocycles. The van der Waals surface area contributed by atoms with Crippen LogP contribution in [0.15, 0.2) is 30.3 Å². The Balaban J connectivity index is 1.59. The largest absolute Gasteiger partial charge is 0.497 e. The summed E-state index contributed by atoms with van der Waals surface area (Å²) >= 11 is 1.02. The molecule has 3 rings (SSSR count). The number of carboxylic acids is 1. The van der Waals surface area contributed by atoms with Gasteiger partial charge in [-0.1, -0.05) is 0 Å². The summed E-state index contributed by atoms with van der Waals surface area (Å²) in [6, 6.07) is 8.84. The number of carboxylic acid groups (broad SMARTS) is 1. The van der Waals surface area contributed by atoms with E-state index in [4.69, 9.17) is 14.6 Å². The molecule has 7 heteroatoms. The molecule has 0 bridgehead atoms. The van der Waals surface area contributed by atoms with Gasteiger partial charge in [-0.2, -0.15) is 0 Å². The molecule has 0 atom stereocenters. The lowest BCUT2D eigenvalue weighted by atomic mass is 9.92. The van der Waals surface area contributed by atoms with Crippen molar-refractivity contribution in [2.75, 3.05) is 27.3 Å². The van der Waals surface area contributed by atoms with Gasteiger partial charge in [-0.3, -0.25) is 4.79 Å². The first-order valence-electron chi connectivity index (χ1n) is 7.84. The van der Waals surface area contributed by atoms with Crippen molar-refractivity contribution in [3.63, 3.8) is 0 Å². The zero-order valence-electron chi connectivity index (χ0n) is 14.0. The molecule has 1 saturated heterocycles. The number of carbonyl (C=O) groups excluding carboxylic acids is 1. The van der Waals surface area contributed by atoms with Crippen LogP contribution in [0.3, 0.4) is 0 Å². The quantitative estimate of drug-likeness (QED) is 0.856. The van der Waals surface area contributed by atoms with E-state index in [0.717, 1.165) is 34.8 Å². The van der Waals surface area contributed by atoms with Crippen molar-refractivity contribution in [1.29, 1.82) is 0 Å². The van der Waals surface area contributed by atoms with Crippen LogP contribution in [-0.4, -0.2) is 49.2 Å². The van der Waals surface area contributed by atoms with Gasteiger partial charge in [0.25, 0.3) is 5.91 Å². The Morgan fingerprint density at radius 1 is 1.12 bits per heavy atom. The molecule has 2 heterocycles. The molecule has 0 saturated carbocycles. The highest BCUT2D eigenvalue weighted by atomic mass is 32.1. The molecule has 0 spiro atoms. The maximum absolute atomic E-state index is 12.4. The fraction of sp³-hybridized carbons (Fsp3) is 0.333. The minimum atomic E-state index is -1.00. The summed E-state index contributed by atoms with van der Waals surface area (Å²) in [5, 5.41) is 8.95.